The van der Waals surface area contributed by atoms with Gasteiger partial charge in [-0.05, 0) is 61.6 Å². The van der Waals surface area contributed by atoms with E-state index in [1.807, 2.05) is 12.1 Å². The smallest absolute Gasteiger partial charge is 0.319 e. The van der Waals surface area contributed by atoms with Gasteiger partial charge in [-0.1, -0.05) is 24.3 Å². The van der Waals surface area contributed by atoms with Crippen LogP contribution in [0.3, 0.4) is 0 Å². The number of aryl methyl sites for hydroxylation is 1. The molecule has 0 aromatic heterocycles. The number of amides is 2. The van der Waals surface area contributed by atoms with E-state index in [2.05, 4.69) is 27.5 Å². The molecule has 3 rings (SSSR count). The zero-order chi connectivity index (χ0) is 20.9. The third kappa shape index (κ3) is 5.56. The van der Waals surface area contributed by atoms with Crippen molar-refractivity contribution in [1.82, 2.24) is 10.0 Å². The summed E-state index contributed by atoms with van der Waals surface area (Å²) in [6.07, 6.45) is 2.96. The fourth-order valence-corrected chi connectivity index (χ4v) is 4.79. The van der Waals surface area contributed by atoms with Gasteiger partial charge < -0.3 is 15.4 Å². The quantitative estimate of drug-likeness (QED) is 0.645. The molecule has 2 atom stereocenters. The molecule has 1 aliphatic rings. The van der Waals surface area contributed by atoms with E-state index in [0.29, 0.717) is 5.69 Å². The van der Waals surface area contributed by atoms with Crippen LogP contribution in [0.4, 0.5) is 10.5 Å². The first kappa shape index (κ1) is 21.3. The predicted molar refractivity (Wildman–Crippen MR) is 112 cm³/mol. The van der Waals surface area contributed by atoms with Crippen LogP contribution < -0.4 is 15.4 Å². The lowest BCUT2D eigenvalue weighted by molar-refractivity contribution is 0.180. The Bertz CT molecular complexity index is 945. The zero-order valence-electron chi connectivity index (χ0n) is 16.6. The Morgan fingerprint density at radius 3 is 2.62 bits per heavy atom. The van der Waals surface area contributed by atoms with E-state index >= 15 is 0 Å². The molecule has 0 spiro atoms. The molecule has 2 aromatic rings. The monoisotopic (exact) mass is 417 g/mol. The van der Waals surface area contributed by atoms with Gasteiger partial charge in [0.05, 0.1) is 17.5 Å². The topological polar surface area (TPSA) is 96.5 Å². The average molecular weight is 418 g/mol. The standard InChI is InChI=1S/C21H27N3O4S/c1-15(14-28-2)24-29(26,27)18-12-10-17(11-13-18)22-21(25)23-20-9-5-7-16-6-3-4-8-19(16)20/h3-4,6,8,10-13,15,20,24H,5,7,9,14H2,1-2H3,(H2,22,23,25)/t15-,20-/m1/s1. The van der Waals surface area contributed by atoms with Crippen LogP contribution in [-0.2, 0) is 21.2 Å². The van der Waals surface area contributed by atoms with Crippen molar-refractivity contribution < 1.29 is 17.9 Å². The number of methoxy groups -OCH3 is 1. The molecule has 0 saturated heterocycles. The summed E-state index contributed by atoms with van der Waals surface area (Å²) in [4.78, 5) is 12.6. The van der Waals surface area contributed by atoms with Gasteiger partial charge in [0.15, 0.2) is 0 Å². The Morgan fingerprint density at radius 1 is 1.17 bits per heavy atom. The number of carbonyl (C=O) groups excluding carboxylic acids is 1. The summed E-state index contributed by atoms with van der Waals surface area (Å²) in [6, 6.07) is 13.6. The minimum Gasteiger partial charge on any atom is -0.383 e. The van der Waals surface area contributed by atoms with Crippen LogP contribution in [0.2, 0.25) is 0 Å². The molecule has 0 fully saturated rings. The first-order valence-electron chi connectivity index (χ1n) is 9.65. The molecule has 2 amide bonds. The number of carbonyl (C=O) groups is 1. The summed E-state index contributed by atoms with van der Waals surface area (Å²) in [5, 5.41) is 5.79. The van der Waals surface area contributed by atoms with E-state index in [0.717, 1.165) is 24.8 Å². The van der Waals surface area contributed by atoms with Crippen molar-refractivity contribution >= 4 is 21.7 Å². The van der Waals surface area contributed by atoms with Gasteiger partial charge in [0.2, 0.25) is 10.0 Å². The number of rotatable bonds is 7. The molecule has 8 heteroatoms. The Morgan fingerprint density at radius 2 is 1.90 bits per heavy atom. The molecule has 0 bridgehead atoms. The number of nitrogens with one attached hydrogen (secondary N) is 3. The maximum atomic E-state index is 12.4. The number of benzene rings is 2. The summed E-state index contributed by atoms with van der Waals surface area (Å²) >= 11 is 0. The summed E-state index contributed by atoms with van der Waals surface area (Å²) in [5.41, 5.74) is 2.95. The molecule has 0 heterocycles. The minimum atomic E-state index is -3.64. The van der Waals surface area contributed by atoms with E-state index in [-0.39, 0.29) is 29.6 Å². The highest BCUT2D eigenvalue weighted by Gasteiger charge is 2.21. The molecule has 2 aromatic carbocycles. The number of ether oxygens (including phenoxy) is 1. The van der Waals surface area contributed by atoms with Crippen LogP contribution in [0.5, 0.6) is 0 Å². The van der Waals surface area contributed by atoms with Crippen LogP contribution in [-0.4, -0.2) is 34.2 Å². The van der Waals surface area contributed by atoms with Gasteiger partial charge in [-0.25, -0.2) is 17.9 Å². The van der Waals surface area contributed by atoms with Crippen molar-refractivity contribution in [3.8, 4) is 0 Å². The van der Waals surface area contributed by atoms with E-state index in [1.54, 1.807) is 19.1 Å². The van der Waals surface area contributed by atoms with Crippen molar-refractivity contribution in [2.24, 2.45) is 0 Å². The fraction of sp³-hybridized carbons (Fsp3) is 0.381. The Labute approximate surface area is 171 Å². The van der Waals surface area contributed by atoms with Gasteiger partial charge in [-0.3, -0.25) is 0 Å². The molecule has 0 aliphatic heterocycles. The van der Waals surface area contributed by atoms with Gasteiger partial charge in [-0.2, -0.15) is 0 Å². The number of hydrogen-bond acceptors (Lipinski definition) is 4. The van der Waals surface area contributed by atoms with Gasteiger partial charge in [-0.15, -0.1) is 0 Å². The van der Waals surface area contributed by atoms with E-state index in [9.17, 15) is 13.2 Å². The highest BCUT2D eigenvalue weighted by atomic mass is 32.2. The fourth-order valence-electron chi connectivity index (χ4n) is 3.56. The summed E-state index contributed by atoms with van der Waals surface area (Å²) in [6.45, 7) is 2.01. The van der Waals surface area contributed by atoms with Gasteiger partial charge in [0.1, 0.15) is 0 Å². The molecule has 0 radical (unpaired) electrons. The Balaban J connectivity index is 1.61. The van der Waals surface area contributed by atoms with E-state index in [1.165, 1.54) is 24.8 Å². The van der Waals surface area contributed by atoms with Crippen molar-refractivity contribution in [2.75, 3.05) is 19.0 Å². The lowest BCUT2D eigenvalue weighted by Crippen LogP contribution is -2.35. The summed E-state index contributed by atoms with van der Waals surface area (Å²) < 4.78 is 32.2. The maximum absolute atomic E-state index is 12.4. The molecular formula is C21H27N3O4S. The normalized spacial score (nSPS) is 17.2. The van der Waals surface area contributed by atoms with E-state index in [4.69, 9.17) is 4.74 Å². The third-order valence-electron chi connectivity index (χ3n) is 4.87. The maximum Gasteiger partial charge on any atom is 0.319 e. The zero-order valence-corrected chi connectivity index (χ0v) is 17.5. The second kappa shape index (κ2) is 9.39. The molecule has 156 valence electrons. The number of urea groups is 1. The Kier molecular flexibility index (Phi) is 6.89. The SMILES string of the molecule is COC[C@@H](C)NS(=O)(=O)c1ccc(NC(=O)N[C@@H]2CCCc3ccccc32)cc1. The highest BCUT2D eigenvalue weighted by molar-refractivity contribution is 7.89. The number of fused-ring (bicyclic) bond motifs is 1. The number of hydrogen-bond donors (Lipinski definition) is 3. The first-order valence-corrected chi connectivity index (χ1v) is 11.1. The van der Waals surface area contributed by atoms with Crippen molar-refractivity contribution in [3.63, 3.8) is 0 Å². The van der Waals surface area contributed by atoms with Crippen molar-refractivity contribution in [1.29, 1.82) is 0 Å². The molecule has 1 aliphatic carbocycles. The lowest BCUT2D eigenvalue weighted by atomic mass is 9.88. The first-order chi connectivity index (χ1) is 13.9. The average Bonchev–Trinajstić information content (AvgIpc) is 2.68. The molecular weight excluding hydrogens is 390 g/mol. The lowest BCUT2D eigenvalue weighted by Gasteiger charge is -2.26. The minimum absolute atomic E-state index is 0.0222. The Hall–Kier alpha value is -2.42. The molecule has 7 nitrogen and oxygen atoms in total. The second-order valence-electron chi connectivity index (χ2n) is 7.24. The number of sulfonamides is 1. The van der Waals surface area contributed by atoms with Crippen LogP contribution in [0.25, 0.3) is 0 Å². The summed E-state index contributed by atoms with van der Waals surface area (Å²) in [7, 11) is -2.13. The third-order valence-corrected chi connectivity index (χ3v) is 6.48. The van der Waals surface area contributed by atoms with Gasteiger partial charge in [0, 0.05) is 18.8 Å². The van der Waals surface area contributed by atoms with Crippen molar-refractivity contribution in [3.05, 3.63) is 59.7 Å². The van der Waals surface area contributed by atoms with Crippen molar-refractivity contribution in [2.45, 2.75) is 43.2 Å². The van der Waals surface area contributed by atoms with E-state index < -0.39 is 10.0 Å². The van der Waals surface area contributed by atoms with Crippen LogP contribution in [0.15, 0.2) is 53.4 Å². The molecule has 0 saturated carbocycles. The highest BCUT2D eigenvalue weighted by Crippen LogP contribution is 2.29. The molecule has 29 heavy (non-hydrogen) atoms. The molecule has 0 unspecified atom stereocenters. The second-order valence-corrected chi connectivity index (χ2v) is 8.96. The van der Waals surface area contributed by atoms with Gasteiger partial charge >= 0.3 is 6.03 Å². The summed E-state index contributed by atoms with van der Waals surface area (Å²) in [5.74, 6) is 0. The van der Waals surface area contributed by atoms with Crippen LogP contribution in [0.1, 0.15) is 36.9 Å². The largest absolute Gasteiger partial charge is 0.383 e. The van der Waals surface area contributed by atoms with Gasteiger partial charge in [0.25, 0.3) is 0 Å². The predicted octanol–water partition coefficient (Wildman–Crippen LogP) is 3.20. The molecule has 3 N–H and O–H groups in total. The van der Waals surface area contributed by atoms with Crippen LogP contribution in [0, 0.1) is 0 Å². The van der Waals surface area contributed by atoms with Crippen LogP contribution >= 0.6 is 0 Å². The number of anilines is 1.